The highest BCUT2D eigenvalue weighted by molar-refractivity contribution is 5.77. The second kappa shape index (κ2) is 4.73. The average Bonchev–Trinajstić information content (AvgIpc) is 1.85. The molecule has 0 rings (SSSR count). The van der Waals surface area contributed by atoms with Gasteiger partial charge in [0, 0.05) is 6.54 Å². The van der Waals surface area contributed by atoms with Crippen LogP contribution in [0.2, 0.25) is 0 Å². The zero-order valence-corrected chi connectivity index (χ0v) is 5.07. The van der Waals surface area contributed by atoms with Crippen molar-refractivity contribution in [2.24, 2.45) is 15.9 Å². The van der Waals surface area contributed by atoms with Crippen molar-refractivity contribution in [3.05, 3.63) is 10.4 Å². The molecule has 0 saturated heterocycles. The van der Waals surface area contributed by atoms with Crippen LogP contribution in [0.1, 0.15) is 6.92 Å². The molecule has 0 radical (unpaired) electrons. The van der Waals surface area contributed by atoms with E-state index in [4.69, 9.17) is 11.3 Å². The zero-order chi connectivity index (χ0) is 7.11. The summed E-state index contributed by atoms with van der Waals surface area (Å²) < 4.78 is 0. The van der Waals surface area contributed by atoms with Crippen molar-refractivity contribution >= 4 is 5.96 Å². The first-order valence-electron chi connectivity index (χ1n) is 2.41. The first-order valence-corrected chi connectivity index (χ1v) is 2.41. The number of hydrogen-bond acceptors (Lipinski definition) is 2. The van der Waals surface area contributed by atoms with Crippen molar-refractivity contribution < 1.29 is 0 Å². The second-order valence-electron chi connectivity index (χ2n) is 1.16. The van der Waals surface area contributed by atoms with Crippen molar-refractivity contribution in [1.82, 2.24) is 5.43 Å². The molecule has 0 fully saturated rings. The van der Waals surface area contributed by atoms with Gasteiger partial charge in [-0.05, 0) is 12.1 Å². The Morgan fingerprint density at radius 2 is 2.56 bits per heavy atom. The second-order valence-corrected chi connectivity index (χ2v) is 1.16. The third-order valence-corrected chi connectivity index (χ3v) is 0.538. The Morgan fingerprint density at radius 1 is 1.89 bits per heavy atom. The van der Waals surface area contributed by atoms with Gasteiger partial charge in [-0.1, -0.05) is 0 Å². The summed E-state index contributed by atoms with van der Waals surface area (Å²) in [5.74, 6) is 0.135. The van der Waals surface area contributed by atoms with E-state index < -0.39 is 0 Å². The number of nitrogens with two attached hydrogens (primary N) is 1. The fourth-order valence-electron chi connectivity index (χ4n) is 0.279. The molecule has 0 spiro atoms. The van der Waals surface area contributed by atoms with Crippen LogP contribution < -0.4 is 11.2 Å². The van der Waals surface area contributed by atoms with Gasteiger partial charge in [0.15, 0.2) is 0 Å². The lowest BCUT2D eigenvalue weighted by Gasteiger charge is -1.88. The van der Waals surface area contributed by atoms with E-state index >= 15 is 0 Å². The van der Waals surface area contributed by atoms with Crippen LogP contribution in [0.4, 0.5) is 0 Å². The van der Waals surface area contributed by atoms with E-state index in [2.05, 4.69) is 20.6 Å². The van der Waals surface area contributed by atoms with E-state index in [-0.39, 0.29) is 5.96 Å². The van der Waals surface area contributed by atoms with Gasteiger partial charge in [0.25, 0.3) is 5.96 Å². The van der Waals surface area contributed by atoms with Crippen molar-refractivity contribution in [1.29, 1.82) is 0 Å². The van der Waals surface area contributed by atoms with Crippen LogP contribution in [-0.4, -0.2) is 12.5 Å². The minimum atomic E-state index is 0.135. The lowest BCUT2D eigenvalue weighted by molar-refractivity contribution is 0.959. The molecular formula is C3H8N6. The molecule has 0 aliphatic rings. The van der Waals surface area contributed by atoms with Crippen LogP contribution in [0.3, 0.4) is 0 Å². The molecule has 9 heavy (non-hydrogen) atoms. The third kappa shape index (κ3) is 4.43. The molecule has 0 bridgehead atoms. The minimum absolute atomic E-state index is 0.135. The quantitative estimate of drug-likeness (QED) is 0.138. The Hall–Kier alpha value is -1.42. The zero-order valence-electron chi connectivity index (χ0n) is 5.07. The molecule has 0 atom stereocenters. The highest BCUT2D eigenvalue weighted by Gasteiger charge is 1.85. The van der Waals surface area contributed by atoms with Crippen LogP contribution in [-0.2, 0) is 0 Å². The molecule has 0 aromatic carbocycles. The fraction of sp³-hybridized carbons (Fsp3) is 0.667. The predicted molar refractivity (Wildman–Crippen MR) is 34.4 cm³/mol. The van der Waals surface area contributed by atoms with Gasteiger partial charge in [-0.3, -0.25) is 0 Å². The summed E-state index contributed by atoms with van der Waals surface area (Å²) in [6.45, 7) is 2.39. The summed E-state index contributed by atoms with van der Waals surface area (Å²) in [5.41, 5.74) is 15.1. The topological polar surface area (TPSA) is 99.2 Å². The molecule has 0 unspecified atom stereocenters. The maximum absolute atomic E-state index is 7.77. The standard InChI is InChI=1S/C3H8N6/c1-2-6-3(4)7-9-8-5/h2H2,1H3,(H3,4,6,7). The van der Waals surface area contributed by atoms with Crippen molar-refractivity contribution in [2.45, 2.75) is 6.92 Å². The molecule has 3 N–H and O–H groups in total. The Kier molecular flexibility index (Phi) is 3.99. The van der Waals surface area contributed by atoms with E-state index in [1.165, 1.54) is 0 Å². The number of nitrogens with zero attached hydrogens (tertiary/aromatic N) is 4. The average molecular weight is 128 g/mol. The van der Waals surface area contributed by atoms with Gasteiger partial charge in [0.05, 0.1) is 0 Å². The molecule has 0 aliphatic carbocycles. The highest BCUT2D eigenvalue weighted by atomic mass is 15.5. The molecule has 6 heteroatoms. The number of rotatable bonds is 2. The van der Waals surface area contributed by atoms with Crippen molar-refractivity contribution in [2.75, 3.05) is 6.54 Å². The van der Waals surface area contributed by atoms with E-state index in [9.17, 15) is 0 Å². The Morgan fingerprint density at radius 3 is 3.00 bits per heavy atom. The fourth-order valence-corrected chi connectivity index (χ4v) is 0.279. The third-order valence-electron chi connectivity index (χ3n) is 0.538. The van der Waals surface area contributed by atoms with Crippen LogP contribution in [0.15, 0.2) is 10.2 Å². The molecule has 0 saturated carbocycles. The van der Waals surface area contributed by atoms with Crippen molar-refractivity contribution in [3.8, 4) is 0 Å². The summed E-state index contributed by atoms with van der Waals surface area (Å²) in [4.78, 5) is 6.09. The molecule has 6 nitrogen and oxygen atoms in total. The van der Waals surface area contributed by atoms with Gasteiger partial charge < -0.3 is 5.73 Å². The van der Waals surface area contributed by atoms with Crippen LogP contribution >= 0.6 is 0 Å². The van der Waals surface area contributed by atoms with Crippen LogP contribution in [0.5, 0.6) is 0 Å². The van der Waals surface area contributed by atoms with E-state index in [0.717, 1.165) is 0 Å². The number of guanidine groups is 1. The Balaban J connectivity index is 3.61. The number of aliphatic imine (C=N–C) groups is 1. The first kappa shape index (κ1) is 7.58. The van der Waals surface area contributed by atoms with Gasteiger partial charge in [-0.2, -0.15) is 10.3 Å². The lowest BCUT2D eigenvalue weighted by Crippen LogP contribution is -2.26. The van der Waals surface area contributed by atoms with Crippen LogP contribution in [0, 0.1) is 0 Å². The Bertz CT molecular complexity index is 142. The van der Waals surface area contributed by atoms with E-state index in [0.29, 0.717) is 6.54 Å². The summed E-state index contributed by atoms with van der Waals surface area (Å²) in [7, 11) is 0. The summed E-state index contributed by atoms with van der Waals surface area (Å²) in [6.07, 6.45) is 0. The van der Waals surface area contributed by atoms with E-state index in [1.807, 2.05) is 6.92 Å². The SMILES string of the molecule is CCN=C(N)NN=[N+]=[N-]. The molecule has 50 valence electrons. The normalized spacial score (nSPS) is 10.1. The minimum Gasteiger partial charge on any atom is -0.350 e. The number of azide groups is 1. The molecule has 0 aromatic heterocycles. The smallest absolute Gasteiger partial charge is 0.288 e. The number of nitrogens with one attached hydrogen (secondary N) is 1. The first-order chi connectivity index (χ1) is 4.31. The monoisotopic (exact) mass is 128 g/mol. The lowest BCUT2D eigenvalue weighted by atomic mass is 10.8. The maximum atomic E-state index is 7.77. The highest BCUT2D eigenvalue weighted by Crippen LogP contribution is 1.66. The van der Waals surface area contributed by atoms with Gasteiger partial charge in [0.2, 0.25) is 0 Å². The Labute approximate surface area is 52.4 Å². The summed E-state index contributed by atoms with van der Waals surface area (Å²) in [5, 5.41) is 2.97. The van der Waals surface area contributed by atoms with Gasteiger partial charge in [-0.25, -0.2) is 4.99 Å². The predicted octanol–water partition coefficient (Wildman–Crippen LogP) is 0.136. The molecule has 0 heterocycles. The van der Waals surface area contributed by atoms with Crippen molar-refractivity contribution in [3.63, 3.8) is 0 Å². The largest absolute Gasteiger partial charge is 0.350 e. The molecule has 0 amide bonds. The molecule has 0 aliphatic heterocycles. The van der Waals surface area contributed by atoms with Gasteiger partial charge in [0.1, 0.15) is 0 Å². The van der Waals surface area contributed by atoms with Gasteiger partial charge in [-0.15, -0.1) is 5.53 Å². The molecule has 0 aromatic rings. The molecular weight excluding hydrogens is 120 g/mol. The summed E-state index contributed by atoms with van der Waals surface area (Å²) >= 11 is 0. The van der Waals surface area contributed by atoms with Gasteiger partial charge >= 0.3 is 0 Å². The number of hydrogen-bond donors (Lipinski definition) is 2. The maximum Gasteiger partial charge on any atom is 0.288 e. The van der Waals surface area contributed by atoms with E-state index in [1.54, 1.807) is 0 Å². The summed E-state index contributed by atoms with van der Waals surface area (Å²) in [6, 6.07) is 0. The van der Waals surface area contributed by atoms with Crippen LogP contribution in [0.25, 0.3) is 10.4 Å².